The molecule has 1 aromatic rings. The molecule has 1 atom stereocenters. The maximum atomic E-state index is 5.51. The lowest BCUT2D eigenvalue weighted by atomic mass is 10.1. The maximum absolute atomic E-state index is 5.51. The number of fused-ring (bicyclic) bond motifs is 1. The first-order chi connectivity index (χ1) is 8.86. The van der Waals surface area contributed by atoms with E-state index in [4.69, 9.17) is 9.47 Å². The van der Waals surface area contributed by atoms with E-state index in [0.717, 1.165) is 37.6 Å². The van der Waals surface area contributed by atoms with Crippen LogP contribution in [0.4, 0.5) is 0 Å². The molecule has 1 unspecified atom stereocenters. The minimum Gasteiger partial charge on any atom is -0.382 e. The van der Waals surface area contributed by atoms with Gasteiger partial charge in [0.25, 0.3) is 0 Å². The van der Waals surface area contributed by atoms with Gasteiger partial charge in [0.2, 0.25) is 0 Å². The van der Waals surface area contributed by atoms with Gasteiger partial charge in [0.1, 0.15) is 12.4 Å². The first kappa shape index (κ1) is 13.5. The second-order valence-electron chi connectivity index (χ2n) is 4.47. The molecule has 0 saturated heterocycles. The zero-order chi connectivity index (χ0) is 12.8. The molecule has 1 aliphatic rings. The molecular formula is C12H22N4O2. The van der Waals surface area contributed by atoms with E-state index in [1.54, 1.807) is 7.11 Å². The highest BCUT2D eigenvalue weighted by molar-refractivity contribution is 5.03. The van der Waals surface area contributed by atoms with Gasteiger partial charge in [-0.1, -0.05) is 13.3 Å². The molecule has 0 radical (unpaired) electrons. The molecule has 0 fully saturated rings. The summed E-state index contributed by atoms with van der Waals surface area (Å²) >= 11 is 0. The van der Waals surface area contributed by atoms with Crippen LogP contribution in [-0.4, -0.2) is 41.6 Å². The summed E-state index contributed by atoms with van der Waals surface area (Å²) in [4.78, 5) is 0. The van der Waals surface area contributed by atoms with Crippen molar-refractivity contribution >= 4 is 0 Å². The average molecular weight is 254 g/mol. The molecule has 2 heterocycles. The lowest BCUT2D eigenvalue weighted by Gasteiger charge is -2.24. The van der Waals surface area contributed by atoms with E-state index < -0.39 is 0 Å². The summed E-state index contributed by atoms with van der Waals surface area (Å²) in [5.41, 5.74) is 0. The molecule has 0 bridgehead atoms. The first-order valence-electron chi connectivity index (χ1n) is 6.58. The number of hydrogen-bond acceptors (Lipinski definition) is 5. The standard InChI is InChI=1S/C12H22N4O2/c1-3-4-10-12-15-14-11(9-18-8-7-17-2)16(12)6-5-13-10/h10,13H,3-9H2,1-2H3. The monoisotopic (exact) mass is 254 g/mol. The molecule has 1 aromatic heterocycles. The highest BCUT2D eigenvalue weighted by Gasteiger charge is 2.23. The second kappa shape index (κ2) is 6.82. The summed E-state index contributed by atoms with van der Waals surface area (Å²) in [5.74, 6) is 1.97. The molecule has 0 aliphatic carbocycles. The van der Waals surface area contributed by atoms with Gasteiger partial charge in [-0.15, -0.1) is 10.2 Å². The molecule has 0 amide bonds. The molecule has 102 valence electrons. The third kappa shape index (κ3) is 3.07. The topological polar surface area (TPSA) is 61.2 Å². The Morgan fingerprint density at radius 1 is 1.39 bits per heavy atom. The Kier molecular flexibility index (Phi) is 5.10. The van der Waals surface area contributed by atoms with Gasteiger partial charge in [-0.2, -0.15) is 0 Å². The number of ether oxygens (including phenoxy) is 2. The predicted molar refractivity (Wildman–Crippen MR) is 67.2 cm³/mol. The van der Waals surface area contributed by atoms with E-state index in [9.17, 15) is 0 Å². The van der Waals surface area contributed by atoms with Crippen molar-refractivity contribution < 1.29 is 9.47 Å². The van der Waals surface area contributed by atoms with Crippen LogP contribution in [0.2, 0.25) is 0 Å². The van der Waals surface area contributed by atoms with Crippen LogP contribution in [0.1, 0.15) is 37.5 Å². The van der Waals surface area contributed by atoms with Crippen molar-refractivity contribution in [1.29, 1.82) is 0 Å². The van der Waals surface area contributed by atoms with E-state index in [1.807, 2.05) is 0 Å². The van der Waals surface area contributed by atoms with Crippen LogP contribution in [0.3, 0.4) is 0 Å². The van der Waals surface area contributed by atoms with Gasteiger partial charge in [-0.25, -0.2) is 0 Å². The lowest BCUT2D eigenvalue weighted by Crippen LogP contribution is -2.34. The molecule has 6 heteroatoms. The number of methoxy groups -OCH3 is 1. The van der Waals surface area contributed by atoms with E-state index in [-0.39, 0.29) is 0 Å². The lowest BCUT2D eigenvalue weighted by molar-refractivity contribution is 0.0569. The molecule has 1 N–H and O–H groups in total. The van der Waals surface area contributed by atoms with Crippen LogP contribution < -0.4 is 5.32 Å². The Bertz CT molecular complexity index is 367. The summed E-state index contributed by atoms with van der Waals surface area (Å²) in [6.07, 6.45) is 2.24. The van der Waals surface area contributed by atoms with Crippen molar-refractivity contribution in [3.8, 4) is 0 Å². The molecule has 0 saturated carbocycles. The Morgan fingerprint density at radius 3 is 3.06 bits per heavy atom. The van der Waals surface area contributed by atoms with Crippen molar-refractivity contribution in [2.45, 2.75) is 39.0 Å². The normalized spacial score (nSPS) is 18.9. The summed E-state index contributed by atoms with van der Waals surface area (Å²) in [5, 5.41) is 12.0. The first-order valence-corrected chi connectivity index (χ1v) is 6.58. The minimum atomic E-state index is 0.337. The van der Waals surface area contributed by atoms with Gasteiger partial charge < -0.3 is 19.4 Å². The molecule has 0 aromatic carbocycles. The Balaban J connectivity index is 1.97. The van der Waals surface area contributed by atoms with Crippen molar-refractivity contribution in [1.82, 2.24) is 20.1 Å². The quantitative estimate of drug-likeness (QED) is 0.732. The van der Waals surface area contributed by atoms with Gasteiger partial charge in [0, 0.05) is 20.2 Å². The highest BCUT2D eigenvalue weighted by atomic mass is 16.5. The number of aromatic nitrogens is 3. The zero-order valence-electron chi connectivity index (χ0n) is 11.2. The van der Waals surface area contributed by atoms with Crippen LogP contribution in [0, 0.1) is 0 Å². The second-order valence-corrected chi connectivity index (χ2v) is 4.47. The minimum absolute atomic E-state index is 0.337. The van der Waals surface area contributed by atoms with Crippen LogP contribution in [0.5, 0.6) is 0 Å². The summed E-state index contributed by atoms with van der Waals surface area (Å²) in [6.45, 7) is 5.80. The van der Waals surface area contributed by atoms with Crippen LogP contribution in [-0.2, 0) is 22.6 Å². The molecule has 0 spiro atoms. The molecule has 18 heavy (non-hydrogen) atoms. The SMILES string of the molecule is CCCC1NCCn2c(COCCOC)nnc21. The fraction of sp³-hybridized carbons (Fsp3) is 0.833. The molecule has 2 rings (SSSR count). The van der Waals surface area contributed by atoms with Gasteiger partial charge in [-0.3, -0.25) is 0 Å². The van der Waals surface area contributed by atoms with Gasteiger partial charge >= 0.3 is 0 Å². The highest BCUT2D eigenvalue weighted by Crippen LogP contribution is 2.21. The number of hydrogen-bond donors (Lipinski definition) is 1. The largest absolute Gasteiger partial charge is 0.382 e. The molecule has 6 nitrogen and oxygen atoms in total. The fourth-order valence-corrected chi connectivity index (χ4v) is 2.22. The number of rotatable bonds is 7. The van der Waals surface area contributed by atoms with Gasteiger partial charge in [0.15, 0.2) is 5.82 Å². The van der Waals surface area contributed by atoms with E-state index in [2.05, 4.69) is 27.0 Å². The smallest absolute Gasteiger partial charge is 0.159 e. The van der Waals surface area contributed by atoms with Crippen molar-refractivity contribution in [3.63, 3.8) is 0 Å². The molecular weight excluding hydrogens is 232 g/mol. The van der Waals surface area contributed by atoms with Crippen LogP contribution in [0.25, 0.3) is 0 Å². The maximum Gasteiger partial charge on any atom is 0.159 e. The predicted octanol–water partition coefficient (Wildman–Crippen LogP) is 0.885. The van der Waals surface area contributed by atoms with Crippen molar-refractivity contribution in [2.75, 3.05) is 26.9 Å². The van der Waals surface area contributed by atoms with Gasteiger partial charge in [-0.05, 0) is 6.42 Å². The Morgan fingerprint density at radius 2 is 2.28 bits per heavy atom. The van der Waals surface area contributed by atoms with Gasteiger partial charge in [0.05, 0.1) is 19.3 Å². The third-order valence-electron chi connectivity index (χ3n) is 3.13. The van der Waals surface area contributed by atoms with E-state index in [0.29, 0.717) is 25.9 Å². The number of nitrogens with one attached hydrogen (secondary N) is 1. The van der Waals surface area contributed by atoms with Crippen LogP contribution in [0.15, 0.2) is 0 Å². The number of nitrogens with zero attached hydrogens (tertiary/aromatic N) is 3. The Hall–Kier alpha value is -0.980. The zero-order valence-corrected chi connectivity index (χ0v) is 11.2. The average Bonchev–Trinajstić information content (AvgIpc) is 2.80. The Labute approximate surface area is 108 Å². The van der Waals surface area contributed by atoms with Crippen molar-refractivity contribution in [3.05, 3.63) is 11.6 Å². The van der Waals surface area contributed by atoms with E-state index >= 15 is 0 Å². The summed E-state index contributed by atoms with van der Waals surface area (Å²) < 4.78 is 12.6. The third-order valence-corrected chi connectivity index (χ3v) is 3.13. The molecule has 1 aliphatic heterocycles. The van der Waals surface area contributed by atoms with Crippen LogP contribution >= 0.6 is 0 Å². The fourth-order valence-electron chi connectivity index (χ4n) is 2.22. The summed E-state index contributed by atoms with van der Waals surface area (Å²) in [7, 11) is 1.67. The van der Waals surface area contributed by atoms with Crippen molar-refractivity contribution in [2.24, 2.45) is 0 Å². The summed E-state index contributed by atoms with van der Waals surface area (Å²) in [6, 6.07) is 0.337. The van der Waals surface area contributed by atoms with E-state index in [1.165, 1.54) is 0 Å².